The molecule has 1 aromatic rings. The van der Waals surface area contributed by atoms with Crippen molar-refractivity contribution in [1.29, 1.82) is 0 Å². The summed E-state index contributed by atoms with van der Waals surface area (Å²) in [5.41, 5.74) is 0.725. The molecular weight excluding hydrogens is 262 g/mol. The van der Waals surface area contributed by atoms with Crippen molar-refractivity contribution >= 4 is 6.09 Å². The Morgan fingerprint density at radius 2 is 2.00 bits per heavy atom. The molecule has 20 heavy (non-hydrogen) atoms. The van der Waals surface area contributed by atoms with E-state index in [1.807, 2.05) is 0 Å². The fraction of sp³-hybridized carbons (Fsp3) is 0.500. The van der Waals surface area contributed by atoms with Gasteiger partial charge in [-0.05, 0) is 24.6 Å². The summed E-state index contributed by atoms with van der Waals surface area (Å²) in [6.07, 6.45) is -2.55. The van der Waals surface area contributed by atoms with Gasteiger partial charge in [0.1, 0.15) is 11.9 Å². The highest BCUT2D eigenvalue weighted by molar-refractivity contribution is 5.69. The van der Waals surface area contributed by atoms with Gasteiger partial charge in [-0.3, -0.25) is 4.90 Å². The molecule has 6 nitrogen and oxygen atoms in total. The third-order valence-corrected chi connectivity index (χ3v) is 3.40. The third-order valence-electron chi connectivity index (χ3n) is 3.40. The van der Waals surface area contributed by atoms with Gasteiger partial charge >= 0.3 is 6.09 Å². The van der Waals surface area contributed by atoms with Crippen molar-refractivity contribution in [2.75, 3.05) is 20.3 Å². The van der Waals surface area contributed by atoms with E-state index in [2.05, 4.69) is 0 Å². The summed E-state index contributed by atoms with van der Waals surface area (Å²) in [4.78, 5) is 13.2. The van der Waals surface area contributed by atoms with E-state index >= 15 is 0 Å². The zero-order valence-electron chi connectivity index (χ0n) is 11.5. The summed E-state index contributed by atoms with van der Waals surface area (Å²) in [5.74, 6) is 0.685. The molecule has 1 aromatic carbocycles. The summed E-state index contributed by atoms with van der Waals surface area (Å²) < 4.78 is 10.0. The molecule has 1 heterocycles. The molecule has 2 N–H and O–H groups in total. The van der Waals surface area contributed by atoms with E-state index in [1.54, 1.807) is 38.3 Å². The molecule has 0 aliphatic carbocycles. The van der Waals surface area contributed by atoms with E-state index in [-0.39, 0.29) is 13.2 Å². The second kappa shape index (κ2) is 6.11. The van der Waals surface area contributed by atoms with Crippen molar-refractivity contribution in [3.8, 4) is 5.75 Å². The van der Waals surface area contributed by atoms with E-state index in [0.29, 0.717) is 5.75 Å². The second-order valence-electron chi connectivity index (χ2n) is 4.63. The van der Waals surface area contributed by atoms with Gasteiger partial charge < -0.3 is 19.7 Å². The van der Waals surface area contributed by atoms with Crippen LogP contribution in [0.3, 0.4) is 0 Å². The topological polar surface area (TPSA) is 79.2 Å². The van der Waals surface area contributed by atoms with Crippen LogP contribution in [-0.2, 0) is 4.74 Å². The number of β-amino-alcohol motifs (C(OH)–C–C–N with tert-alkyl or cyclic N) is 1. The Hall–Kier alpha value is -1.79. The molecule has 0 radical (unpaired) electrons. The van der Waals surface area contributed by atoms with Crippen LogP contribution < -0.4 is 4.74 Å². The van der Waals surface area contributed by atoms with Gasteiger partial charge in [0.2, 0.25) is 0 Å². The fourth-order valence-electron chi connectivity index (χ4n) is 2.39. The molecule has 1 fully saturated rings. The lowest BCUT2D eigenvalue weighted by atomic mass is 10.0. The van der Waals surface area contributed by atoms with E-state index in [0.717, 1.165) is 5.56 Å². The van der Waals surface area contributed by atoms with Crippen LogP contribution in [-0.4, -0.2) is 53.7 Å². The quantitative estimate of drug-likeness (QED) is 0.861. The fourth-order valence-corrected chi connectivity index (χ4v) is 2.39. The van der Waals surface area contributed by atoms with Crippen LogP contribution in [0.1, 0.15) is 18.5 Å². The number of carbonyl (C=O) groups is 1. The number of ether oxygens (including phenoxy) is 2. The van der Waals surface area contributed by atoms with Crippen LogP contribution >= 0.6 is 0 Å². The number of rotatable bonds is 3. The van der Waals surface area contributed by atoms with Crippen molar-refractivity contribution in [2.24, 2.45) is 0 Å². The van der Waals surface area contributed by atoms with Crippen LogP contribution in [0, 0.1) is 0 Å². The molecule has 1 aliphatic rings. The zero-order chi connectivity index (χ0) is 14.7. The Bertz CT molecular complexity index is 461. The highest BCUT2D eigenvalue weighted by Gasteiger charge is 2.43. The predicted molar refractivity (Wildman–Crippen MR) is 71.5 cm³/mol. The van der Waals surface area contributed by atoms with Crippen LogP contribution in [0.4, 0.5) is 4.79 Å². The number of methoxy groups -OCH3 is 1. The first kappa shape index (κ1) is 14.6. The van der Waals surface area contributed by atoms with Crippen LogP contribution in [0.25, 0.3) is 0 Å². The molecule has 1 amide bonds. The van der Waals surface area contributed by atoms with Gasteiger partial charge in [0.25, 0.3) is 0 Å². The SMILES string of the molecule is CCOC(=O)N1C[C@@H](O)[C@H](O)[C@H]1c1ccc(OC)cc1. The minimum Gasteiger partial charge on any atom is -0.497 e. The Labute approximate surface area is 117 Å². The number of aliphatic hydroxyl groups is 2. The average Bonchev–Trinajstić information content (AvgIpc) is 2.75. The van der Waals surface area contributed by atoms with Crippen molar-refractivity contribution in [3.63, 3.8) is 0 Å². The number of amides is 1. The van der Waals surface area contributed by atoms with Gasteiger partial charge in [0.15, 0.2) is 0 Å². The minimum atomic E-state index is -1.03. The normalized spacial score (nSPS) is 25.6. The molecule has 3 atom stereocenters. The maximum Gasteiger partial charge on any atom is 0.410 e. The first-order valence-corrected chi connectivity index (χ1v) is 6.52. The second-order valence-corrected chi connectivity index (χ2v) is 4.63. The standard InChI is InChI=1S/C14H19NO5/c1-3-20-14(18)15-8-11(16)13(17)12(15)9-4-6-10(19-2)7-5-9/h4-7,11-13,16-17H,3,8H2,1-2H3/t11-,12-,13+/m1/s1. The van der Waals surface area contributed by atoms with E-state index in [4.69, 9.17) is 9.47 Å². The van der Waals surface area contributed by atoms with Crippen molar-refractivity contribution in [2.45, 2.75) is 25.2 Å². The molecule has 0 saturated carbocycles. The van der Waals surface area contributed by atoms with Gasteiger partial charge in [-0.15, -0.1) is 0 Å². The van der Waals surface area contributed by atoms with Gasteiger partial charge in [-0.1, -0.05) is 12.1 Å². The van der Waals surface area contributed by atoms with E-state index in [1.165, 1.54) is 4.90 Å². The summed E-state index contributed by atoms with van der Waals surface area (Å²) in [6.45, 7) is 2.01. The number of benzene rings is 1. The number of nitrogens with zero attached hydrogens (tertiary/aromatic N) is 1. The summed E-state index contributed by atoms with van der Waals surface area (Å²) in [5, 5.41) is 19.9. The van der Waals surface area contributed by atoms with Gasteiger partial charge in [-0.2, -0.15) is 0 Å². The van der Waals surface area contributed by atoms with Crippen molar-refractivity contribution in [1.82, 2.24) is 4.90 Å². The molecule has 0 unspecified atom stereocenters. The van der Waals surface area contributed by atoms with Gasteiger partial charge in [0, 0.05) is 0 Å². The number of aliphatic hydroxyl groups excluding tert-OH is 2. The highest BCUT2D eigenvalue weighted by Crippen LogP contribution is 2.33. The molecule has 0 spiro atoms. The smallest absolute Gasteiger partial charge is 0.410 e. The van der Waals surface area contributed by atoms with Crippen molar-refractivity contribution < 1.29 is 24.5 Å². The van der Waals surface area contributed by atoms with E-state index in [9.17, 15) is 15.0 Å². The summed E-state index contributed by atoms with van der Waals surface area (Å²) >= 11 is 0. The minimum absolute atomic E-state index is 0.0523. The number of hydrogen-bond donors (Lipinski definition) is 2. The third kappa shape index (κ3) is 2.71. The molecule has 6 heteroatoms. The molecule has 110 valence electrons. The van der Waals surface area contributed by atoms with Crippen LogP contribution in [0.2, 0.25) is 0 Å². The maximum absolute atomic E-state index is 11.9. The highest BCUT2D eigenvalue weighted by atomic mass is 16.6. The average molecular weight is 281 g/mol. The Morgan fingerprint density at radius 3 is 2.55 bits per heavy atom. The monoisotopic (exact) mass is 281 g/mol. The van der Waals surface area contributed by atoms with Gasteiger partial charge in [-0.25, -0.2) is 4.79 Å². The largest absolute Gasteiger partial charge is 0.497 e. The lowest BCUT2D eigenvalue weighted by Crippen LogP contribution is -2.33. The van der Waals surface area contributed by atoms with Crippen molar-refractivity contribution in [3.05, 3.63) is 29.8 Å². The Kier molecular flexibility index (Phi) is 4.46. The molecule has 1 saturated heterocycles. The lowest BCUT2D eigenvalue weighted by Gasteiger charge is -2.25. The molecular formula is C14H19NO5. The maximum atomic E-state index is 11.9. The summed E-state index contributed by atoms with van der Waals surface area (Å²) in [7, 11) is 1.56. The number of likely N-dealkylation sites (tertiary alicyclic amines) is 1. The van der Waals surface area contributed by atoms with Crippen LogP contribution in [0.15, 0.2) is 24.3 Å². The summed E-state index contributed by atoms with van der Waals surface area (Å²) in [6, 6.07) is 6.40. The molecule has 0 bridgehead atoms. The van der Waals surface area contributed by atoms with Crippen LogP contribution in [0.5, 0.6) is 5.75 Å². The zero-order valence-corrected chi connectivity index (χ0v) is 11.5. The Morgan fingerprint density at radius 1 is 1.35 bits per heavy atom. The molecule has 1 aliphatic heterocycles. The molecule has 0 aromatic heterocycles. The Balaban J connectivity index is 2.26. The van der Waals surface area contributed by atoms with Gasteiger partial charge in [0.05, 0.1) is 32.4 Å². The first-order valence-electron chi connectivity index (χ1n) is 6.52. The van der Waals surface area contributed by atoms with E-state index < -0.39 is 24.3 Å². The molecule has 2 rings (SSSR count). The first-order chi connectivity index (χ1) is 9.58. The number of hydrogen-bond acceptors (Lipinski definition) is 5. The lowest BCUT2D eigenvalue weighted by molar-refractivity contribution is 0.0362. The number of carbonyl (C=O) groups excluding carboxylic acids is 1. The predicted octanol–water partition coefficient (Wildman–Crippen LogP) is 0.930.